The molecule has 0 atom stereocenters. The summed E-state index contributed by atoms with van der Waals surface area (Å²) >= 11 is 0. The Balaban J connectivity index is 2.28. The molecule has 1 aromatic heterocycles. The number of nitrogens with zero attached hydrogens (tertiary/aromatic N) is 1. The van der Waals surface area contributed by atoms with Gasteiger partial charge in [0.1, 0.15) is 5.82 Å². The molecule has 5 N–H and O–H groups in total. The Hall–Kier alpha value is -2.53. The van der Waals surface area contributed by atoms with Crippen molar-refractivity contribution in [3.05, 3.63) is 53.2 Å². The fraction of sp³-hybridized carbons (Fsp3) is 0.409. The van der Waals surface area contributed by atoms with Gasteiger partial charge in [-0.3, -0.25) is 0 Å². The van der Waals surface area contributed by atoms with Gasteiger partial charge in [0, 0.05) is 49.2 Å². The monoisotopic (exact) mass is 368 g/mol. The summed E-state index contributed by atoms with van der Waals surface area (Å²) < 4.78 is 5.40. The van der Waals surface area contributed by atoms with Crippen LogP contribution in [0.5, 0.6) is 0 Å². The second kappa shape index (κ2) is 11.2. The fourth-order valence-electron chi connectivity index (χ4n) is 2.83. The number of pyridine rings is 1. The number of unbranched alkanes of at least 4 members (excludes halogenated alkanes) is 1. The molecule has 0 aliphatic carbocycles. The van der Waals surface area contributed by atoms with Crippen molar-refractivity contribution in [2.24, 2.45) is 0 Å². The molecule has 146 valence electrons. The van der Waals surface area contributed by atoms with E-state index in [1.54, 1.807) is 0 Å². The first-order valence-corrected chi connectivity index (χ1v) is 9.75. The lowest BCUT2D eigenvalue weighted by molar-refractivity contribution is 0.152. The maximum atomic E-state index is 6.25. The van der Waals surface area contributed by atoms with Crippen molar-refractivity contribution < 1.29 is 4.74 Å². The molecule has 2 aromatic rings. The molecule has 0 bridgehead atoms. The standard InChI is InChI=1S/C22H32N4O/c1-3-5-13-25-21-18(8-6-7-14-27-4-2)16-26-22(24)20(21)15-17-9-11-19(23)12-10-17/h6,8-12,16H,3-5,7,13-15,23H2,1-2H3,(H3,24,25,26)/b8-6+. The highest BCUT2D eigenvalue weighted by Gasteiger charge is 2.12. The van der Waals surface area contributed by atoms with E-state index in [0.717, 1.165) is 67.1 Å². The van der Waals surface area contributed by atoms with Gasteiger partial charge in [-0.2, -0.15) is 0 Å². The van der Waals surface area contributed by atoms with Gasteiger partial charge in [-0.25, -0.2) is 4.98 Å². The number of rotatable bonds is 11. The molecule has 0 unspecified atom stereocenters. The van der Waals surface area contributed by atoms with Gasteiger partial charge >= 0.3 is 0 Å². The molecule has 5 nitrogen and oxygen atoms in total. The normalized spacial score (nSPS) is 11.2. The topological polar surface area (TPSA) is 86.2 Å². The summed E-state index contributed by atoms with van der Waals surface area (Å²) in [5.41, 5.74) is 17.1. The SMILES string of the molecule is CCCCNc1c(/C=C/CCOCC)cnc(N)c1Cc1ccc(N)cc1. The molecule has 1 aromatic carbocycles. The first-order chi connectivity index (χ1) is 13.2. The number of hydrogen-bond acceptors (Lipinski definition) is 5. The Labute approximate surface area is 162 Å². The maximum absolute atomic E-state index is 6.25. The van der Waals surface area contributed by atoms with Gasteiger partial charge in [-0.05, 0) is 37.5 Å². The first-order valence-electron chi connectivity index (χ1n) is 9.75. The highest BCUT2D eigenvalue weighted by atomic mass is 16.5. The van der Waals surface area contributed by atoms with E-state index in [2.05, 4.69) is 29.4 Å². The van der Waals surface area contributed by atoms with Gasteiger partial charge in [0.2, 0.25) is 0 Å². The Morgan fingerprint density at radius 1 is 1.15 bits per heavy atom. The summed E-state index contributed by atoms with van der Waals surface area (Å²) in [6, 6.07) is 7.91. The van der Waals surface area contributed by atoms with Crippen molar-refractivity contribution >= 4 is 23.3 Å². The van der Waals surface area contributed by atoms with Gasteiger partial charge in [0.25, 0.3) is 0 Å². The molecule has 2 rings (SSSR count). The van der Waals surface area contributed by atoms with E-state index in [1.807, 2.05) is 37.4 Å². The average Bonchev–Trinajstić information content (AvgIpc) is 2.67. The minimum atomic E-state index is 0.567. The van der Waals surface area contributed by atoms with Crippen LogP contribution in [0.4, 0.5) is 17.2 Å². The summed E-state index contributed by atoms with van der Waals surface area (Å²) in [4.78, 5) is 4.43. The molecule has 0 radical (unpaired) electrons. The first kappa shape index (κ1) is 20.8. The van der Waals surface area contributed by atoms with Crippen molar-refractivity contribution in [3.8, 4) is 0 Å². The highest BCUT2D eigenvalue weighted by Crippen LogP contribution is 2.29. The number of nitrogens with two attached hydrogens (primary N) is 2. The molecule has 0 amide bonds. The number of hydrogen-bond donors (Lipinski definition) is 3. The summed E-state index contributed by atoms with van der Waals surface area (Å²) in [7, 11) is 0. The van der Waals surface area contributed by atoms with Crippen LogP contribution in [0.1, 0.15) is 49.8 Å². The van der Waals surface area contributed by atoms with Crippen molar-refractivity contribution in [2.75, 3.05) is 36.5 Å². The number of nitrogens with one attached hydrogen (secondary N) is 1. The minimum Gasteiger partial charge on any atom is -0.399 e. The molecular formula is C22H32N4O. The van der Waals surface area contributed by atoms with Gasteiger partial charge in [-0.15, -0.1) is 0 Å². The Kier molecular flexibility index (Phi) is 8.65. The summed E-state index contributed by atoms with van der Waals surface area (Å²) in [5, 5.41) is 3.58. The quantitative estimate of drug-likeness (QED) is 0.402. The van der Waals surface area contributed by atoms with Gasteiger partial charge in [0.05, 0.1) is 5.69 Å². The molecule has 0 saturated carbocycles. The van der Waals surface area contributed by atoms with E-state index < -0.39 is 0 Å². The average molecular weight is 369 g/mol. The molecule has 1 heterocycles. The zero-order chi connectivity index (χ0) is 19.5. The third-order valence-corrected chi connectivity index (χ3v) is 4.37. The second-order valence-electron chi connectivity index (χ2n) is 6.54. The molecule has 0 spiro atoms. The van der Waals surface area contributed by atoms with Crippen LogP contribution in [-0.2, 0) is 11.2 Å². The lowest BCUT2D eigenvalue weighted by Crippen LogP contribution is -2.10. The van der Waals surface area contributed by atoms with Crippen LogP contribution < -0.4 is 16.8 Å². The van der Waals surface area contributed by atoms with Crippen LogP contribution in [0.25, 0.3) is 6.08 Å². The predicted octanol–water partition coefficient (Wildman–Crippen LogP) is 4.49. The lowest BCUT2D eigenvalue weighted by Gasteiger charge is -2.17. The number of aromatic nitrogens is 1. The molecular weight excluding hydrogens is 336 g/mol. The van der Waals surface area contributed by atoms with E-state index in [0.29, 0.717) is 12.2 Å². The van der Waals surface area contributed by atoms with E-state index in [9.17, 15) is 0 Å². The second-order valence-corrected chi connectivity index (χ2v) is 6.54. The van der Waals surface area contributed by atoms with E-state index >= 15 is 0 Å². The zero-order valence-corrected chi connectivity index (χ0v) is 16.5. The van der Waals surface area contributed by atoms with Gasteiger partial charge in [-0.1, -0.05) is 37.6 Å². The summed E-state index contributed by atoms with van der Waals surface area (Å²) in [6.45, 7) is 6.58. The largest absolute Gasteiger partial charge is 0.399 e. The number of nitrogen functional groups attached to an aromatic ring is 2. The number of anilines is 3. The van der Waals surface area contributed by atoms with Crippen LogP contribution in [0.15, 0.2) is 36.5 Å². The molecule has 27 heavy (non-hydrogen) atoms. The third kappa shape index (κ3) is 6.61. The van der Waals surface area contributed by atoms with Crippen molar-refractivity contribution in [2.45, 2.75) is 39.5 Å². The Morgan fingerprint density at radius 2 is 1.93 bits per heavy atom. The van der Waals surface area contributed by atoms with Crippen molar-refractivity contribution in [1.29, 1.82) is 0 Å². The highest BCUT2D eigenvalue weighted by molar-refractivity contribution is 5.74. The van der Waals surface area contributed by atoms with E-state index in [4.69, 9.17) is 16.2 Å². The predicted molar refractivity (Wildman–Crippen MR) is 116 cm³/mol. The van der Waals surface area contributed by atoms with Crippen molar-refractivity contribution in [3.63, 3.8) is 0 Å². The zero-order valence-electron chi connectivity index (χ0n) is 16.5. The van der Waals surface area contributed by atoms with Crippen LogP contribution in [0.3, 0.4) is 0 Å². The van der Waals surface area contributed by atoms with Crippen LogP contribution in [0, 0.1) is 0 Å². The molecule has 0 fully saturated rings. The van der Waals surface area contributed by atoms with E-state index in [1.165, 1.54) is 0 Å². The summed E-state index contributed by atoms with van der Waals surface area (Å²) in [6.07, 6.45) is 9.91. The fourth-order valence-corrected chi connectivity index (χ4v) is 2.83. The van der Waals surface area contributed by atoms with Crippen molar-refractivity contribution in [1.82, 2.24) is 4.98 Å². The maximum Gasteiger partial charge on any atom is 0.128 e. The molecule has 0 aliphatic rings. The number of benzene rings is 1. The van der Waals surface area contributed by atoms with Gasteiger partial charge < -0.3 is 21.5 Å². The van der Waals surface area contributed by atoms with Crippen LogP contribution in [-0.4, -0.2) is 24.7 Å². The van der Waals surface area contributed by atoms with Crippen LogP contribution in [0.2, 0.25) is 0 Å². The Bertz CT molecular complexity index is 726. The molecule has 0 saturated heterocycles. The van der Waals surface area contributed by atoms with E-state index in [-0.39, 0.29) is 0 Å². The lowest BCUT2D eigenvalue weighted by atomic mass is 10.0. The summed E-state index contributed by atoms with van der Waals surface area (Å²) in [5.74, 6) is 0.567. The van der Waals surface area contributed by atoms with Crippen LogP contribution >= 0.6 is 0 Å². The Morgan fingerprint density at radius 3 is 2.63 bits per heavy atom. The molecule has 5 heteroatoms. The smallest absolute Gasteiger partial charge is 0.128 e. The molecule has 0 aliphatic heterocycles. The third-order valence-electron chi connectivity index (χ3n) is 4.37. The minimum absolute atomic E-state index is 0.567. The number of ether oxygens (including phenoxy) is 1. The van der Waals surface area contributed by atoms with Gasteiger partial charge in [0.15, 0.2) is 0 Å².